The molecule has 4 amide bonds. The molecule has 1 aromatic carbocycles. The van der Waals surface area contributed by atoms with Gasteiger partial charge in [0.25, 0.3) is 0 Å². The van der Waals surface area contributed by atoms with E-state index in [1.807, 2.05) is 10.9 Å². The van der Waals surface area contributed by atoms with Crippen LogP contribution in [0.1, 0.15) is 11.7 Å². The SMILES string of the molecule is NC(=O)C(=O)NN=C1/C(=N\NC(=O)C(N)=O)[C@@H](N)O[C@@H]1c1ccccc1Cl. The molecule has 2 rings (SSSR count). The van der Waals surface area contributed by atoms with E-state index in [0.29, 0.717) is 10.6 Å². The van der Waals surface area contributed by atoms with Gasteiger partial charge in [0.05, 0.1) is 0 Å². The predicted molar refractivity (Wildman–Crippen MR) is 92.8 cm³/mol. The third kappa shape index (κ3) is 4.63. The molecule has 1 aromatic rings. The summed E-state index contributed by atoms with van der Waals surface area (Å²) in [6.07, 6.45) is -2.20. The number of carbonyl (C=O) groups is 4. The van der Waals surface area contributed by atoms with Crippen molar-refractivity contribution in [2.45, 2.75) is 12.3 Å². The van der Waals surface area contributed by atoms with Crippen molar-refractivity contribution in [2.24, 2.45) is 27.4 Å². The highest BCUT2D eigenvalue weighted by Gasteiger charge is 2.39. The van der Waals surface area contributed by atoms with Gasteiger partial charge >= 0.3 is 23.6 Å². The highest BCUT2D eigenvalue weighted by atomic mass is 35.5. The number of hydrogen-bond donors (Lipinski definition) is 5. The molecule has 1 aliphatic heterocycles. The van der Waals surface area contributed by atoms with Gasteiger partial charge in [-0.1, -0.05) is 29.8 Å². The first-order valence-corrected chi connectivity index (χ1v) is 7.60. The molecule has 1 heterocycles. The third-order valence-electron chi connectivity index (χ3n) is 3.25. The van der Waals surface area contributed by atoms with Crippen molar-refractivity contribution >= 4 is 46.7 Å². The number of primary amides is 2. The van der Waals surface area contributed by atoms with Crippen molar-refractivity contribution in [1.29, 1.82) is 0 Å². The number of nitrogens with zero attached hydrogens (tertiary/aromatic N) is 2. The molecule has 2 atom stereocenters. The van der Waals surface area contributed by atoms with Crippen LogP contribution >= 0.6 is 11.6 Å². The molecule has 0 aliphatic carbocycles. The number of rotatable bonds is 3. The van der Waals surface area contributed by atoms with Crippen molar-refractivity contribution < 1.29 is 23.9 Å². The molecule has 0 aromatic heterocycles. The van der Waals surface area contributed by atoms with E-state index in [2.05, 4.69) is 10.2 Å². The van der Waals surface area contributed by atoms with Gasteiger partial charge in [-0.2, -0.15) is 10.2 Å². The topological polar surface area (TPSA) is 204 Å². The Balaban J connectivity index is 2.44. The van der Waals surface area contributed by atoms with Crippen LogP contribution in [0.3, 0.4) is 0 Å². The lowest BCUT2D eigenvalue weighted by atomic mass is 10.0. The minimum Gasteiger partial charge on any atom is -0.361 e. The molecular formula is C14H14ClN7O5. The van der Waals surface area contributed by atoms with Crippen molar-refractivity contribution in [1.82, 2.24) is 10.9 Å². The molecule has 1 saturated heterocycles. The first-order chi connectivity index (χ1) is 12.7. The largest absolute Gasteiger partial charge is 0.361 e. The number of carbonyl (C=O) groups excluding carboxylic acids is 4. The normalized spacial score (nSPS) is 21.9. The molecule has 27 heavy (non-hydrogen) atoms. The van der Waals surface area contributed by atoms with Gasteiger partial charge in [0.15, 0.2) is 6.23 Å². The Morgan fingerprint density at radius 3 is 2.00 bits per heavy atom. The Kier molecular flexibility index (Phi) is 6.18. The van der Waals surface area contributed by atoms with Gasteiger partial charge in [0.2, 0.25) is 0 Å². The summed E-state index contributed by atoms with van der Waals surface area (Å²) in [5, 5.41) is 7.71. The maximum Gasteiger partial charge on any atom is 0.329 e. The summed E-state index contributed by atoms with van der Waals surface area (Å²) in [6, 6.07) is 6.53. The van der Waals surface area contributed by atoms with Crippen molar-refractivity contribution in [3.8, 4) is 0 Å². The summed E-state index contributed by atoms with van der Waals surface area (Å²) >= 11 is 6.14. The van der Waals surface area contributed by atoms with Gasteiger partial charge in [-0.05, 0) is 6.07 Å². The van der Waals surface area contributed by atoms with Crippen LogP contribution in [0.25, 0.3) is 0 Å². The maximum absolute atomic E-state index is 11.4. The van der Waals surface area contributed by atoms with Crippen LogP contribution in [0, 0.1) is 0 Å². The Morgan fingerprint density at radius 1 is 0.963 bits per heavy atom. The average molecular weight is 396 g/mol. The fourth-order valence-electron chi connectivity index (χ4n) is 2.03. The van der Waals surface area contributed by atoms with E-state index in [9.17, 15) is 19.2 Å². The van der Waals surface area contributed by atoms with E-state index in [0.717, 1.165) is 0 Å². The lowest BCUT2D eigenvalue weighted by molar-refractivity contribution is -0.137. The molecule has 1 fully saturated rings. The zero-order chi connectivity index (χ0) is 20.1. The summed E-state index contributed by atoms with van der Waals surface area (Å²) in [6.45, 7) is 0. The standard InChI is InChI=1S/C14H14ClN7O5/c15-6-4-2-1-3-5(6)9-7(19-21-13(25)10(16)23)8(12(18)27-9)20-22-14(26)11(17)24/h1-4,9,12H,18H2,(H2,16,23)(H2,17,24)(H,21,25)(H,22,26)/b19-7?,20-8+/t9-,12+/m1/s1. The second-order valence-electron chi connectivity index (χ2n) is 5.06. The molecule has 0 radical (unpaired) electrons. The van der Waals surface area contributed by atoms with Gasteiger partial charge in [0, 0.05) is 10.6 Å². The minimum absolute atomic E-state index is 0.0741. The lowest BCUT2D eigenvalue weighted by Crippen LogP contribution is -2.38. The molecule has 0 unspecified atom stereocenters. The summed E-state index contributed by atoms with van der Waals surface area (Å²) in [5.74, 6) is -4.98. The Labute approximate surface area is 156 Å². The average Bonchev–Trinajstić information content (AvgIpc) is 2.93. The van der Waals surface area contributed by atoms with E-state index >= 15 is 0 Å². The van der Waals surface area contributed by atoms with Crippen LogP contribution in [0.5, 0.6) is 0 Å². The minimum atomic E-state index is -1.28. The van der Waals surface area contributed by atoms with Gasteiger partial charge in [-0.25, -0.2) is 10.9 Å². The van der Waals surface area contributed by atoms with Crippen LogP contribution in [0.2, 0.25) is 5.02 Å². The Morgan fingerprint density at radius 2 is 1.48 bits per heavy atom. The Bertz CT molecular complexity index is 869. The molecule has 13 heteroatoms. The van der Waals surface area contributed by atoms with E-state index < -0.39 is 36.0 Å². The molecule has 0 spiro atoms. The first kappa shape index (κ1) is 20.0. The monoisotopic (exact) mass is 395 g/mol. The van der Waals surface area contributed by atoms with Crippen LogP contribution < -0.4 is 28.1 Å². The van der Waals surface area contributed by atoms with Crippen LogP contribution in [-0.2, 0) is 23.9 Å². The quantitative estimate of drug-likeness (QED) is 0.278. The van der Waals surface area contributed by atoms with Crippen molar-refractivity contribution in [2.75, 3.05) is 0 Å². The van der Waals surface area contributed by atoms with Crippen LogP contribution in [-0.4, -0.2) is 41.3 Å². The number of benzene rings is 1. The van der Waals surface area contributed by atoms with Crippen LogP contribution in [0.15, 0.2) is 34.5 Å². The smallest absolute Gasteiger partial charge is 0.329 e. The van der Waals surface area contributed by atoms with Gasteiger partial charge in [-0.3, -0.25) is 19.2 Å². The first-order valence-electron chi connectivity index (χ1n) is 7.23. The summed E-state index contributed by atoms with van der Waals surface area (Å²) in [7, 11) is 0. The number of ether oxygens (including phenoxy) is 1. The fraction of sp³-hybridized carbons (Fsp3) is 0.143. The summed E-state index contributed by atoms with van der Waals surface area (Å²) in [5.41, 5.74) is 19.5. The molecule has 8 N–H and O–H groups in total. The number of nitrogens with two attached hydrogens (primary N) is 3. The van der Waals surface area contributed by atoms with E-state index in [4.69, 9.17) is 33.5 Å². The maximum atomic E-state index is 11.4. The van der Waals surface area contributed by atoms with E-state index in [1.54, 1.807) is 24.3 Å². The zero-order valence-corrected chi connectivity index (χ0v) is 14.3. The zero-order valence-electron chi connectivity index (χ0n) is 13.5. The molecule has 1 aliphatic rings. The molecule has 142 valence electrons. The highest BCUT2D eigenvalue weighted by molar-refractivity contribution is 6.48. The number of nitrogens with one attached hydrogen (secondary N) is 2. The number of hydrogen-bond acceptors (Lipinski definition) is 8. The number of hydrazone groups is 2. The van der Waals surface area contributed by atoms with Crippen LogP contribution in [0.4, 0.5) is 0 Å². The molecule has 0 saturated carbocycles. The highest BCUT2D eigenvalue weighted by Crippen LogP contribution is 2.32. The molecule has 0 bridgehead atoms. The van der Waals surface area contributed by atoms with Gasteiger partial charge < -0.3 is 21.9 Å². The van der Waals surface area contributed by atoms with E-state index in [1.165, 1.54) is 0 Å². The van der Waals surface area contributed by atoms with E-state index in [-0.39, 0.29) is 11.4 Å². The predicted octanol–water partition coefficient (Wildman–Crippen LogP) is -2.39. The van der Waals surface area contributed by atoms with Crippen molar-refractivity contribution in [3.63, 3.8) is 0 Å². The second kappa shape index (κ2) is 8.35. The lowest BCUT2D eigenvalue weighted by Gasteiger charge is -2.12. The Hall–Kier alpha value is -3.35. The second-order valence-corrected chi connectivity index (χ2v) is 5.47. The molecular weight excluding hydrogens is 382 g/mol. The van der Waals surface area contributed by atoms with Gasteiger partial charge in [0.1, 0.15) is 17.5 Å². The molecule has 12 nitrogen and oxygen atoms in total. The third-order valence-corrected chi connectivity index (χ3v) is 3.60. The number of amides is 4. The summed E-state index contributed by atoms with van der Waals surface area (Å²) in [4.78, 5) is 44.4. The van der Waals surface area contributed by atoms with Gasteiger partial charge in [-0.15, -0.1) is 0 Å². The number of halogens is 1. The fourth-order valence-corrected chi connectivity index (χ4v) is 2.27. The van der Waals surface area contributed by atoms with Crippen molar-refractivity contribution in [3.05, 3.63) is 34.9 Å². The summed E-state index contributed by atoms with van der Waals surface area (Å²) < 4.78 is 5.54.